The molecule has 31 heavy (non-hydrogen) atoms. The zero-order valence-electron chi connectivity index (χ0n) is 20.5. The smallest absolute Gasteiger partial charge is 0.282 e. The third-order valence-electron chi connectivity index (χ3n) is 6.31. The lowest BCUT2D eigenvalue weighted by Gasteiger charge is -2.15. The van der Waals surface area contributed by atoms with E-state index >= 15 is 0 Å². The van der Waals surface area contributed by atoms with Crippen molar-refractivity contribution in [1.82, 2.24) is 0 Å². The number of hydrogen-bond acceptors (Lipinski definition) is 2. The summed E-state index contributed by atoms with van der Waals surface area (Å²) >= 11 is 0. The first kappa shape index (κ1) is 28.2. The Balaban J connectivity index is 2.09. The lowest BCUT2D eigenvalue weighted by atomic mass is 9.97. The highest BCUT2D eigenvalue weighted by Crippen LogP contribution is 2.28. The van der Waals surface area contributed by atoms with Crippen molar-refractivity contribution in [3.05, 3.63) is 29.3 Å². The number of aryl methyl sites for hydroxylation is 1. The topological polar surface area (TPSA) is 54.4 Å². The Morgan fingerprint density at radius 3 is 1.52 bits per heavy atom. The molecule has 3 nitrogen and oxygen atoms in total. The van der Waals surface area contributed by atoms with Crippen molar-refractivity contribution in [2.45, 2.75) is 141 Å². The Morgan fingerprint density at radius 1 is 0.710 bits per heavy atom. The largest absolute Gasteiger partial charge is 0.295 e. The van der Waals surface area contributed by atoms with E-state index in [-0.39, 0.29) is 10.8 Å². The fourth-order valence-electron chi connectivity index (χ4n) is 4.43. The van der Waals surface area contributed by atoms with Crippen LogP contribution in [-0.2, 0) is 16.5 Å². The zero-order valence-corrected chi connectivity index (χ0v) is 21.3. The molecule has 0 heterocycles. The van der Waals surface area contributed by atoms with Crippen LogP contribution >= 0.6 is 0 Å². The molecule has 0 saturated carbocycles. The summed E-state index contributed by atoms with van der Waals surface area (Å²) in [5.41, 5.74) is 1.48. The van der Waals surface area contributed by atoms with Gasteiger partial charge in [0.05, 0.1) is 0 Å². The van der Waals surface area contributed by atoms with Crippen LogP contribution in [0.3, 0.4) is 0 Å². The summed E-state index contributed by atoms with van der Waals surface area (Å²) in [5.74, 6) is 0.0719. The van der Waals surface area contributed by atoms with Gasteiger partial charge in [-0.1, -0.05) is 135 Å². The van der Waals surface area contributed by atoms with Gasteiger partial charge in [0.1, 0.15) is 4.90 Å². The molecule has 0 unspecified atom stereocenters. The van der Waals surface area contributed by atoms with Gasteiger partial charge in [-0.2, -0.15) is 8.42 Å². The third kappa shape index (κ3) is 12.7. The minimum atomic E-state index is -4.18. The molecule has 0 saturated heterocycles. The first-order chi connectivity index (χ1) is 14.9. The van der Waals surface area contributed by atoms with E-state index in [1.54, 1.807) is 0 Å². The summed E-state index contributed by atoms with van der Waals surface area (Å²) in [5, 5.41) is 0. The molecular formula is C27H48O3S. The third-order valence-corrected chi connectivity index (χ3v) is 7.32. The minimum Gasteiger partial charge on any atom is -0.282 e. The van der Waals surface area contributed by atoms with Gasteiger partial charge in [-0.05, 0) is 29.9 Å². The van der Waals surface area contributed by atoms with E-state index in [0.29, 0.717) is 6.42 Å². The molecule has 0 atom stereocenters. The van der Waals surface area contributed by atoms with Crippen LogP contribution < -0.4 is 0 Å². The van der Waals surface area contributed by atoms with Gasteiger partial charge in [-0.15, -0.1) is 0 Å². The van der Waals surface area contributed by atoms with Crippen molar-refractivity contribution in [3.8, 4) is 0 Å². The fraction of sp³-hybridized carbons (Fsp3) is 0.778. The van der Waals surface area contributed by atoms with Crippen molar-refractivity contribution in [2.75, 3.05) is 0 Å². The van der Waals surface area contributed by atoms with Crippen molar-refractivity contribution in [1.29, 1.82) is 0 Å². The van der Waals surface area contributed by atoms with Crippen LogP contribution in [0.5, 0.6) is 0 Å². The summed E-state index contributed by atoms with van der Waals surface area (Å²) < 4.78 is 33.5. The molecule has 1 aromatic carbocycles. The normalized spacial score (nSPS) is 12.0. The van der Waals surface area contributed by atoms with E-state index in [1.165, 1.54) is 89.9 Å². The van der Waals surface area contributed by atoms with E-state index in [1.807, 2.05) is 32.0 Å². The molecule has 1 aromatic rings. The number of hydrogen-bond donors (Lipinski definition) is 1. The molecule has 0 aromatic heterocycles. The molecule has 0 aliphatic rings. The van der Waals surface area contributed by atoms with Gasteiger partial charge in [0.2, 0.25) is 0 Å². The molecule has 0 radical (unpaired) electrons. The fourth-order valence-corrected chi connectivity index (χ4v) is 5.54. The number of benzene rings is 1. The first-order valence-corrected chi connectivity index (χ1v) is 14.4. The summed E-state index contributed by atoms with van der Waals surface area (Å²) in [6.45, 7) is 6.19. The van der Waals surface area contributed by atoms with Gasteiger partial charge >= 0.3 is 0 Å². The molecule has 0 fully saturated rings. The summed E-state index contributed by atoms with van der Waals surface area (Å²) in [4.78, 5) is 0.144. The highest BCUT2D eigenvalue weighted by molar-refractivity contribution is 7.86. The van der Waals surface area contributed by atoms with E-state index in [2.05, 4.69) is 6.92 Å². The SMILES string of the molecule is CCCCCCCCCCCCCCCCCCc1cccc(C(C)C)c1S(=O)(=O)O. The van der Waals surface area contributed by atoms with Crippen LogP contribution in [0, 0.1) is 0 Å². The van der Waals surface area contributed by atoms with Crippen LogP contribution in [0.4, 0.5) is 0 Å². The van der Waals surface area contributed by atoms with Crippen molar-refractivity contribution in [2.24, 2.45) is 0 Å². The molecular weight excluding hydrogens is 404 g/mol. The van der Waals surface area contributed by atoms with Gasteiger partial charge in [0, 0.05) is 0 Å². The molecule has 180 valence electrons. The molecule has 0 bridgehead atoms. The van der Waals surface area contributed by atoms with Crippen molar-refractivity contribution in [3.63, 3.8) is 0 Å². The van der Waals surface area contributed by atoms with Crippen LogP contribution in [0.2, 0.25) is 0 Å². The average molecular weight is 453 g/mol. The molecule has 1 rings (SSSR count). The maximum atomic E-state index is 11.9. The van der Waals surface area contributed by atoms with E-state index in [4.69, 9.17) is 0 Å². The molecule has 0 aliphatic carbocycles. The molecule has 0 spiro atoms. The monoisotopic (exact) mass is 452 g/mol. The highest BCUT2D eigenvalue weighted by Gasteiger charge is 2.21. The van der Waals surface area contributed by atoms with E-state index < -0.39 is 10.1 Å². The number of unbranched alkanes of at least 4 members (excludes halogenated alkanes) is 15. The Labute approximate surface area is 193 Å². The van der Waals surface area contributed by atoms with Crippen LogP contribution in [0.15, 0.2) is 23.1 Å². The second-order valence-electron chi connectivity index (χ2n) is 9.52. The summed E-state index contributed by atoms with van der Waals surface area (Å²) in [6, 6.07) is 5.57. The quantitative estimate of drug-likeness (QED) is 0.168. The van der Waals surface area contributed by atoms with Gasteiger partial charge in [-0.25, -0.2) is 0 Å². The zero-order chi connectivity index (χ0) is 23.0. The molecule has 0 aliphatic heterocycles. The predicted molar refractivity (Wildman–Crippen MR) is 134 cm³/mol. The highest BCUT2D eigenvalue weighted by atomic mass is 32.2. The van der Waals surface area contributed by atoms with Gasteiger partial charge in [-0.3, -0.25) is 4.55 Å². The van der Waals surface area contributed by atoms with Crippen LogP contribution in [-0.4, -0.2) is 13.0 Å². The molecule has 4 heteroatoms. The molecule has 1 N–H and O–H groups in total. The predicted octanol–water partition coefficient (Wildman–Crippen LogP) is 8.86. The molecule has 0 amide bonds. The second-order valence-corrected chi connectivity index (χ2v) is 10.9. The first-order valence-electron chi connectivity index (χ1n) is 13.0. The van der Waals surface area contributed by atoms with Gasteiger partial charge in [0.25, 0.3) is 10.1 Å². The van der Waals surface area contributed by atoms with Gasteiger partial charge in [0.15, 0.2) is 0 Å². The lowest BCUT2D eigenvalue weighted by Crippen LogP contribution is -2.09. The Hall–Kier alpha value is -0.870. The van der Waals surface area contributed by atoms with Crippen molar-refractivity contribution < 1.29 is 13.0 Å². The van der Waals surface area contributed by atoms with E-state index in [9.17, 15) is 13.0 Å². The van der Waals surface area contributed by atoms with Gasteiger partial charge < -0.3 is 0 Å². The maximum absolute atomic E-state index is 11.9. The Bertz CT molecular complexity index is 680. The second kappa shape index (κ2) is 16.7. The van der Waals surface area contributed by atoms with Crippen LogP contribution in [0.25, 0.3) is 0 Å². The number of rotatable bonds is 19. The Kier molecular flexibility index (Phi) is 15.2. The maximum Gasteiger partial charge on any atom is 0.295 e. The summed E-state index contributed by atoms with van der Waals surface area (Å²) in [7, 11) is -4.18. The average Bonchev–Trinajstić information content (AvgIpc) is 2.72. The standard InChI is InChI=1S/C27H48O3S/c1-4-5-6-7-8-9-10-11-12-13-14-15-16-17-18-19-21-25-22-20-23-26(24(2)3)27(25)31(28,29)30/h20,22-24H,4-19,21H2,1-3H3,(H,28,29,30). The lowest BCUT2D eigenvalue weighted by molar-refractivity contribution is 0.479. The van der Waals surface area contributed by atoms with E-state index in [0.717, 1.165) is 24.0 Å². The minimum absolute atomic E-state index is 0.0719. The Morgan fingerprint density at radius 2 is 1.13 bits per heavy atom. The van der Waals surface area contributed by atoms with Crippen LogP contribution in [0.1, 0.15) is 141 Å². The summed E-state index contributed by atoms with van der Waals surface area (Å²) in [6.07, 6.45) is 22.0. The van der Waals surface area contributed by atoms with Crippen molar-refractivity contribution >= 4 is 10.1 Å².